The highest BCUT2D eigenvalue weighted by molar-refractivity contribution is 7.59. The van der Waals surface area contributed by atoms with E-state index in [-0.39, 0.29) is 25.5 Å². The first-order valence-electron chi connectivity index (χ1n) is 11.6. The van der Waals surface area contributed by atoms with Crippen molar-refractivity contribution in [3.8, 4) is 11.3 Å². The number of rotatable bonds is 4. The Hall–Kier alpha value is -3.53. The van der Waals surface area contributed by atoms with Gasteiger partial charge in [-0.15, -0.1) is 0 Å². The minimum absolute atomic E-state index is 0. The van der Waals surface area contributed by atoms with Crippen LogP contribution >= 0.6 is 13.5 Å². The van der Waals surface area contributed by atoms with Crippen LogP contribution in [0.4, 0.5) is 19.0 Å². The molecule has 4 aromatic heterocycles. The minimum atomic E-state index is -0.589. The number of aromatic nitrogens is 5. The first-order valence-corrected chi connectivity index (χ1v) is 11.6. The summed E-state index contributed by atoms with van der Waals surface area (Å²) in [6, 6.07) is 5.54. The Morgan fingerprint density at radius 3 is 2.67 bits per heavy atom. The smallest absolute Gasteiger partial charge is 0.161 e. The van der Waals surface area contributed by atoms with E-state index in [2.05, 4.69) is 34.2 Å². The zero-order valence-electron chi connectivity index (χ0n) is 19.7. The normalized spacial score (nSPS) is 15.3. The number of nitrogens with zero attached hydrogens (tertiary/aromatic N) is 4. The summed E-state index contributed by atoms with van der Waals surface area (Å²) >= 11 is 0. The van der Waals surface area contributed by atoms with Gasteiger partial charge in [-0.25, -0.2) is 18.2 Å². The molecule has 6 rings (SSSR count). The van der Waals surface area contributed by atoms with Crippen molar-refractivity contribution in [3.63, 3.8) is 0 Å². The van der Waals surface area contributed by atoms with Gasteiger partial charge in [-0.1, -0.05) is 13.8 Å². The Balaban J connectivity index is 0.00000267. The lowest BCUT2D eigenvalue weighted by molar-refractivity contribution is 0.591. The molecule has 10 heteroatoms. The van der Waals surface area contributed by atoms with Crippen molar-refractivity contribution in [2.45, 2.75) is 45.1 Å². The van der Waals surface area contributed by atoms with E-state index in [0.29, 0.717) is 46.5 Å². The number of nitrogens with one attached hydrogen (secondary N) is 2. The Morgan fingerprint density at radius 1 is 1.06 bits per heavy atom. The molecule has 2 N–H and O–H groups in total. The fourth-order valence-electron chi connectivity index (χ4n) is 4.96. The summed E-state index contributed by atoms with van der Waals surface area (Å²) in [6.07, 6.45) is 6.63. The number of pyridine rings is 1. The standard InChI is InChI=1S/C26H23F3N6.H2S/c1-13(2)20-12-31-35-24(9-23(34-26(20)35)14-5-16(28)11-30-10-14)32-17-3-4-22-18(8-17)19-6-15(27)7-21(29)25(19)33-22;/h5-7,9-13,17,32-33H,3-4,8H2,1-2H3;1H2/t17-;/m0./s1. The van der Waals surface area contributed by atoms with Gasteiger partial charge in [-0.2, -0.15) is 23.1 Å². The molecule has 0 saturated carbocycles. The van der Waals surface area contributed by atoms with E-state index < -0.39 is 17.5 Å². The molecule has 0 unspecified atom stereocenters. The Morgan fingerprint density at radius 2 is 1.89 bits per heavy atom. The lowest BCUT2D eigenvalue weighted by atomic mass is 9.91. The van der Waals surface area contributed by atoms with Gasteiger partial charge in [0.1, 0.15) is 23.3 Å². The van der Waals surface area contributed by atoms with E-state index in [9.17, 15) is 13.2 Å². The van der Waals surface area contributed by atoms with E-state index >= 15 is 0 Å². The van der Waals surface area contributed by atoms with Crippen LogP contribution in [0.25, 0.3) is 27.8 Å². The van der Waals surface area contributed by atoms with Gasteiger partial charge >= 0.3 is 0 Å². The van der Waals surface area contributed by atoms with E-state index in [1.54, 1.807) is 16.9 Å². The molecule has 1 atom stereocenters. The molecule has 4 heterocycles. The van der Waals surface area contributed by atoms with E-state index in [1.165, 1.54) is 12.1 Å². The maximum Gasteiger partial charge on any atom is 0.161 e. The summed E-state index contributed by atoms with van der Waals surface area (Å²) in [5.41, 5.74) is 5.03. The molecule has 0 radical (unpaired) electrons. The van der Waals surface area contributed by atoms with Crippen molar-refractivity contribution in [2.24, 2.45) is 0 Å². The van der Waals surface area contributed by atoms with Gasteiger partial charge in [0.2, 0.25) is 0 Å². The summed E-state index contributed by atoms with van der Waals surface area (Å²) in [4.78, 5) is 11.9. The van der Waals surface area contributed by atoms with E-state index in [0.717, 1.165) is 35.5 Å². The number of benzene rings is 1. The summed E-state index contributed by atoms with van der Waals surface area (Å²) < 4.78 is 43.9. The van der Waals surface area contributed by atoms with Gasteiger partial charge in [0, 0.05) is 46.6 Å². The van der Waals surface area contributed by atoms with Crippen molar-refractivity contribution >= 4 is 35.9 Å². The third kappa shape index (κ3) is 4.09. The van der Waals surface area contributed by atoms with Crippen LogP contribution in [0.2, 0.25) is 0 Å². The van der Waals surface area contributed by atoms with Gasteiger partial charge in [-0.3, -0.25) is 4.98 Å². The van der Waals surface area contributed by atoms with Crippen molar-refractivity contribution in [1.29, 1.82) is 0 Å². The van der Waals surface area contributed by atoms with Crippen LogP contribution in [0.3, 0.4) is 0 Å². The maximum absolute atomic E-state index is 14.3. The highest BCUT2D eigenvalue weighted by Gasteiger charge is 2.25. The molecule has 0 amide bonds. The van der Waals surface area contributed by atoms with Gasteiger partial charge in [-0.05, 0) is 42.9 Å². The lowest BCUT2D eigenvalue weighted by Gasteiger charge is -2.25. The molecule has 1 aromatic carbocycles. The molecule has 0 bridgehead atoms. The van der Waals surface area contributed by atoms with E-state index in [1.807, 2.05) is 6.07 Å². The average molecular weight is 511 g/mol. The van der Waals surface area contributed by atoms with Crippen molar-refractivity contribution < 1.29 is 13.2 Å². The number of aromatic amines is 1. The van der Waals surface area contributed by atoms with Crippen LogP contribution in [-0.4, -0.2) is 30.6 Å². The Bertz CT molecular complexity index is 1590. The number of anilines is 1. The Kier molecular flexibility index (Phi) is 6.15. The maximum atomic E-state index is 14.3. The molecule has 0 fully saturated rings. The number of fused-ring (bicyclic) bond motifs is 4. The molecule has 5 aromatic rings. The molecule has 0 aliphatic heterocycles. The summed E-state index contributed by atoms with van der Waals surface area (Å²) in [6.45, 7) is 4.14. The quantitative estimate of drug-likeness (QED) is 0.316. The topological polar surface area (TPSA) is 70.9 Å². The van der Waals surface area contributed by atoms with Crippen LogP contribution in [-0.2, 0) is 12.8 Å². The molecular weight excluding hydrogens is 485 g/mol. The van der Waals surface area contributed by atoms with Crippen molar-refractivity contribution in [1.82, 2.24) is 24.6 Å². The average Bonchev–Trinajstić information content (AvgIpc) is 3.41. The monoisotopic (exact) mass is 510 g/mol. The molecule has 1 aliphatic carbocycles. The number of hydrogen-bond donors (Lipinski definition) is 2. The third-order valence-corrected chi connectivity index (χ3v) is 6.69. The second-order valence-electron chi connectivity index (χ2n) is 9.38. The zero-order chi connectivity index (χ0) is 24.3. The molecule has 0 saturated heterocycles. The fraction of sp³-hybridized carbons (Fsp3) is 0.269. The lowest BCUT2D eigenvalue weighted by Crippen LogP contribution is -2.28. The fourth-order valence-corrected chi connectivity index (χ4v) is 4.96. The first-order chi connectivity index (χ1) is 16.9. The van der Waals surface area contributed by atoms with E-state index in [4.69, 9.17) is 4.98 Å². The van der Waals surface area contributed by atoms with Crippen LogP contribution in [0, 0.1) is 17.5 Å². The van der Waals surface area contributed by atoms with Crippen LogP contribution in [0.1, 0.15) is 43.0 Å². The number of H-pyrrole nitrogens is 1. The molecular formula is C26H25F3N6S. The summed E-state index contributed by atoms with van der Waals surface area (Å²) in [5.74, 6) is -0.696. The number of halogens is 3. The largest absolute Gasteiger partial charge is 0.367 e. The highest BCUT2D eigenvalue weighted by atomic mass is 32.1. The number of aryl methyl sites for hydroxylation is 1. The van der Waals surface area contributed by atoms with Gasteiger partial charge in [0.05, 0.1) is 23.6 Å². The minimum Gasteiger partial charge on any atom is -0.367 e. The van der Waals surface area contributed by atoms with Gasteiger partial charge < -0.3 is 10.3 Å². The van der Waals surface area contributed by atoms with Gasteiger partial charge in [0.25, 0.3) is 0 Å². The SMILES string of the molecule is CC(C)c1cnn2c(N[C@H]3CCc4[nH]c5c(F)cc(F)cc5c4C3)cc(-c3cncc(F)c3)nc12.S. The predicted molar refractivity (Wildman–Crippen MR) is 138 cm³/mol. The van der Waals surface area contributed by atoms with Crippen molar-refractivity contribution in [3.05, 3.63) is 77.1 Å². The first kappa shape index (κ1) is 24.2. The van der Waals surface area contributed by atoms with Gasteiger partial charge in [0.15, 0.2) is 5.65 Å². The van der Waals surface area contributed by atoms with Crippen molar-refractivity contribution in [2.75, 3.05) is 5.32 Å². The second-order valence-corrected chi connectivity index (χ2v) is 9.38. The van der Waals surface area contributed by atoms with Crippen LogP contribution < -0.4 is 5.32 Å². The molecule has 186 valence electrons. The van der Waals surface area contributed by atoms with Crippen LogP contribution in [0.15, 0.2) is 42.9 Å². The summed E-state index contributed by atoms with van der Waals surface area (Å²) in [5, 5.41) is 8.71. The molecule has 0 spiro atoms. The Labute approximate surface area is 212 Å². The second kappa shape index (κ2) is 9.16. The highest BCUT2D eigenvalue weighted by Crippen LogP contribution is 2.33. The molecule has 1 aliphatic rings. The third-order valence-electron chi connectivity index (χ3n) is 6.69. The summed E-state index contributed by atoms with van der Waals surface area (Å²) in [7, 11) is 0. The molecule has 6 nitrogen and oxygen atoms in total. The number of hydrogen-bond acceptors (Lipinski definition) is 4. The zero-order valence-corrected chi connectivity index (χ0v) is 20.7. The predicted octanol–water partition coefficient (Wildman–Crippen LogP) is 5.90. The molecule has 36 heavy (non-hydrogen) atoms. The van der Waals surface area contributed by atoms with Crippen LogP contribution in [0.5, 0.6) is 0 Å².